The van der Waals surface area contributed by atoms with E-state index in [-0.39, 0.29) is 12.1 Å². The Balaban J connectivity index is 4.02. The third kappa shape index (κ3) is 5.18. The monoisotopic (exact) mass is 199 g/mol. The van der Waals surface area contributed by atoms with Crippen LogP contribution < -0.4 is 10.9 Å². The fraction of sp³-hybridized carbons (Fsp3) is 0.900. The normalized spacial score (nSPS) is 15.1. The van der Waals surface area contributed by atoms with Crippen LogP contribution in [0.2, 0.25) is 0 Å². The first-order valence-corrected chi connectivity index (χ1v) is 5.06. The molecular formula is C10H21N3O. The molecule has 4 nitrogen and oxygen atoms in total. The molecule has 0 aromatic carbocycles. The molecule has 0 aliphatic carbocycles. The van der Waals surface area contributed by atoms with E-state index in [9.17, 15) is 0 Å². The van der Waals surface area contributed by atoms with E-state index in [0.717, 1.165) is 6.42 Å². The van der Waals surface area contributed by atoms with Crippen LogP contribution in [-0.2, 0) is 4.74 Å². The molecule has 0 saturated heterocycles. The number of hydrogen-bond acceptors (Lipinski definition) is 4. The number of nitrogens with one attached hydrogen (secondary N) is 2. The summed E-state index contributed by atoms with van der Waals surface area (Å²) in [5.74, 6) is 0.233. The summed E-state index contributed by atoms with van der Waals surface area (Å²) in [6.07, 6.45) is 1.35. The molecule has 0 rings (SSSR count). The fourth-order valence-electron chi connectivity index (χ4n) is 1.20. The van der Waals surface area contributed by atoms with Gasteiger partial charge in [-0.3, -0.25) is 5.43 Å². The number of methoxy groups -OCH3 is 1. The number of rotatable bonds is 7. The summed E-state index contributed by atoms with van der Waals surface area (Å²) < 4.78 is 5.28. The van der Waals surface area contributed by atoms with E-state index in [0.29, 0.717) is 12.5 Å². The van der Waals surface area contributed by atoms with Crippen LogP contribution in [0, 0.1) is 17.2 Å². The van der Waals surface area contributed by atoms with Gasteiger partial charge in [-0.1, -0.05) is 6.92 Å². The van der Waals surface area contributed by atoms with Gasteiger partial charge in [-0.25, -0.2) is 5.43 Å². The van der Waals surface area contributed by atoms with Gasteiger partial charge in [0.05, 0.1) is 6.07 Å². The highest BCUT2D eigenvalue weighted by Gasteiger charge is 2.18. The second kappa shape index (κ2) is 7.74. The Hall–Kier alpha value is -0.630. The Morgan fingerprint density at radius 1 is 1.36 bits per heavy atom. The Morgan fingerprint density at radius 2 is 2.00 bits per heavy atom. The average molecular weight is 199 g/mol. The zero-order chi connectivity index (χ0) is 11.0. The van der Waals surface area contributed by atoms with Gasteiger partial charge in [0.15, 0.2) is 0 Å². The van der Waals surface area contributed by atoms with Crippen molar-refractivity contribution in [3.63, 3.8) is 0 Å². The predicted molar refractivity (Wildman–Crippen MR) is 56.2 cm³/mol. The molecule has 0 aliphatic rings. The molecule has 0 spiro atoms. The second-order valence-corrected chi connectivity index (χ2v) is 3.63. The van der Waals surface area contributed by atoms with Gasteiger partial charge in [0.25, 0.3) is 0 Å². The van der Waals surface area contributed by atoms with E-state index in [4.69, 9.17) is 10.00 Å². The SMILES string of the molecule is CCC(CC#N)C(NNC(C)C)OC. The number of hydrogen-bond donors (Lipinski definition) is 2. The highest BCUT2D eigenvalue weighted by Crippen LogP contribution is 2.12. The summed E-state index contributed by atoms with van der Waals surface area (Å²) in [6.45, 7) is 6.15. The summed E-state index contributed by atoms with van der Waals surface area (Å²) >= 11 is 0. The molecule has 0 aromatic heterocycles. The molecule has 0 heterocycles. The van der Waals surface area contributed by atoms with E-state index in [1.807, 2.05) is 13.8 Å². The van der Waals surface area contributed by atoms with Crippen LogP contribution in [0.4, 0.5) is 0 Å². The Bertz CT molecular complexity index is 177. The van der Waals surface area contributed by atoms with Gasteiger partial charge in [-0.15, -0.1) is 0 Å². The zero-order valence-corrected chi connectivity index (χ0v) is 9.50. The van der Waals surface area contributed by atoms with E-state index in [1.54, 1.807) is 7.11 Å². The lowest BCUT2D eigenvalue weighted by Crippen LogP contribution is -2.48. The summed E-state index contributed by atoms with van der Waals surface area (Å²) in [5, 5.41) is 8.64. The van der Waals surface area contributed by atoms with Crippen molar-refractivity contribution in [1.29, 1.82) is 5.26 Å². The fourth-order valence-corrected chi connectivity index (χ4v) is 1.20. The Morgan fingerprint density at radius 3 is 2.36 bits per heavy atom. The molecule has 0 saturated carbocycles. The number of ether oxygens (including phenoxy) is 1. The van der Waals surface area contributed by atoms with Gasteiger partial charge in [-0.2, -0.15) is 5.26 Å². The summed E-state index contributed by atoms with van der Waals surface area (Å²) in [6, 6.07) is 2.53. The minimum absolute atomic E-state index is 0.0953. The third-order valence-electron chi connectivity index (χ3n) is 2.07. The number of nitriles is 1. The van der Waals surface area contributed by atoms with Crippen molar-refractivity contribution < 1.29 is 4.74 Å². The third-order valence-corrected chi connectivity index (χ3v) is 2.07. The van der Waals surface area contributed by atoms with Crippen LogP contribution in [0.3, 0.4) is 0 Å². The molecular weight excluding hydrogens is 178 g/mol. The largest absolute Gasteiger partial charge is 0.365 e. The molecule has 82 valence electrons. The molecule has 2 N–H and O–H groups in total. The first-order chi connectivity index (χ1) is 6.65. The Kier molecular flexibility index (Phi) is 7.40. The van der Waals surface area contributed by atoms with Gasteiger partial charge in [-0.05, 0) is 20.3 Å². The lowest BCUT2D eigenvalue weighted by Gasteiger charge is -2.25. The maximum atomic E-state index is 8.64. The maximum Gasteiger partial charge on any atom is 0.123 e. The first-order valence-electron chi connectivity index (χ1n) is 5.06. The molecule has 14 heavy (non-hydrogen) atoms. The van der Waals surface area contributed by atoms with Crippen LogP contribution in [0.15, 0.2) is 0 Å². The molecule has 0 aromatic rings. The van der Waals surface area contributed by atoms with E-state index in [1.165, 1.54) is 0 Å². The van der Waals surface area contributed by atoms with Crippen molar-refractivity contribution in [2.45, 2.75) is 45.9 Å². The minimum atomic E-state index is -0.0953. The van der Waals surface area contributed by atoms with Gasteiger partial charge in [0, 0.05) is 25.5 Å². The molecule has 0 bridgehead atoms. The van der Waals surface area contributed by atoms with E-state index < -0.39 is 0 Å². The lowest BCUT2D eigenvalue weighted by atomic mass is 10.0. The molecule has 2 unspecified atom stereocenters. The quantitative estimate of drug-likeness (QED) is 0.480. The number of hydrazine groups is 1. The van der Waals surface area contributed by atoms with Crippen LogP contribution in [0.1, 0.15) is 33.6 Å². The molecule has 0 radical (unpaired) electrons. The molecule has 0 aliphatic heterocycles. The average Bonchev–Trinajstić information content (AvgIpc) is 2.16. The van der Waals surface area contributed by atoms with Crippen LogP contribution in [0.25, 0.3) is 0 Å². The van der Waals surface area contributed by atoms with Gasteiger partial charge in [0.2, 0.25) is 0 Å². The van der Waals surface area contributed by atoms with Gasteiger partial charge >= 0.3 is 0 Å². The van der Waals surface area contributed by atoms with Crippen LogP contribution >= 0.6 is 0 Å². The van der Waals surface area contributed by atoms with E-state index >= 15 is 0 Å². The first kappa shape index (κ1) is 13.4. The minimum Gasteiger partial charge on any atom is -0.365 e. The van der Waals surface area contributed by atoms with Gasteiger partial charge < -0.3 is 4.74 Å². The molecule has 0 fully saturated rings. The van der Waals surface area contributed by atoms with Crippen molar-refractivity contribution in [2.24, 2.45) is 5.92 Å². The standard InChI is InChI=1S/C10H21N3O/c1-5-9(6-7-11)10(14-4)13-12-8(2)3/h8-10,12-13H,5-6H2,1-4H3. The molecule has 2 atom stereocenters. The van der Waals surface area contributed by atoms with Crippen LogP contribution in [0.5, 0.6) is 0 Å². The molecule has 0 amide bonds. The summed E-state index contributed by atoms with van der Waals surface area (Å²) in [5.41, 5.74) is 6.17. The second-order valence-electron chi connectivity index (χ2n) is 3.63. The van der Waals surface area contributed by atoms with Crippen molar-refractivity contribution >= 4 is 0 Å². The highest BCUT2D eigenvalue weighted by molar-refractivity contribution is 4.79. The van der Waals surface area contributed by atoms with Crippen molar-refractivity contribution in [3.05, 3.63) is 0 Å². The predicted octanol–water partition coefficient (Wildman–Crippen LogP) is 1.40. The summed E-state index contributed by atoms with van der Waals surface area (Å²) in [7, 11) is 1.65. The smallest absolute Gasteiger partial charge is 0.123 e. The lowest BCUT2D eigenvalue weighted by molar-refractivity contribution is 0.0111. The van der Waals surface area contributed by atoms with Crippen molar-refractivity contribution in [3.8, 4) is 6.07 Å². The van der Waals surface area contributed by atoms with Crippen LogP contribution in [-0.4, -0.2) is 19.4 Å². The van der Waals surface area contributed by atoms with Crippen molar-refractivity contribution in [2.75, 3.05) is 7.11 Å². The molecule has 4 heteroatoms. The highest BCUT2D eigenvalue weighted by atomic mass is 16.5. The zero-order valence-electron chi connectivity index (χ0n) is 9.50. The Labute approximate surface area is 86.6 Å². The number of nitrogens with zero attached hydrogens (tertiary/aromatic N) is 1. The maximum absolute atomic E-state index is 8.64. The van der Waals surface area contributed by atoms with Gasteiger partial charge in [0.1, 0.15) is 6.23 Å². The van der Waals surface area contributed by atoms with Crippen molar-refractivity contribution in [1.82, 2.24) is 10.9 Å². The topological polar surface area (TPSA) is 57.1 Å². The summed E-state index contributed by atoms with van der Waals surface area (Å²) in [4.78, 5) is 0. The van der Waals surface area contributed by atoms with E-state index in [2.05, 4.69) is 23.8 Å².